The van der Waals surface area contributed by atoms with Crippen molar-refractivity contribution in [1.29, 1.82) is 0 Å². The summed E-state index contributed by atoms with van der Waals surface area (Å²) in [5.41, 5.74) is 1.60. The van der Waals surface area contributed by atoms with Crippen molar-refractivity contribution in [1.82, 2.24) is 15.5 Å². The molecule has 0 radical (unpaired) electrons. The Morgan fingerprint density at radius 2 is 1.16 bits per heavy atom. The molecule has 64 heavy (non-hydrogen) atoms. The van der Waals surface area contributed by atoms with Gasteiger partial charge in [0.05, 0.1) is 18.7 Å². The molecular formula is C50H46N4O10. The maximum Gasteiger partial charge on any atom is 0.331 e. The summed E-state index contributed by atoms with van der Waals surface area (Å²) in [4.78, 5) is 63.3. The van der Waals surface area contributed by atoms with Crippen molar-refractivity contribution in [3.05, 3.63) is 204 Å². The van der Waals surface area contributed by atoms with Gasteiger partial charge in [0.15, 0.2) is 11.8 Å². The Morgan fingerprint density at radius 1 is 0.688 bits per heavy atom. The standard InChI is InChI=1S/C44H40N4O10.C6H6/c1-28(49)58-35-23-19-30(20-24-35)39(43(54)55)48-27-37(41(48)51)45-40(50)38(47-56)29-17-21-34(22-18-29)57-26-25-36(42(52)53)46-44(31-11-5-2-6-12-31,32-13-7-3-8-14-32)33-15-9-4-10-16-33;1-2-4-6-5-3-1/h2-24,36-37,39,46,56H,25-27H2,1H3,(H,45,50)(H,52,53)(H,54,55);1-6H. The van der Waals surface area contributed by atoms with Crippen molar-refractivity contribution < 1.29 is 48.9 Å². The molecule has 0 aliphatic carbocycles. The second kappa shape index (κ2) is 21.6. The van der Waals surface area contributed by atoms with Crippen molar-refractivity contribution in [3.8, 4) is 11.5 Å². The van der Waals surface area contributed by atoms with Crippen LogP contribution in [0.2, 0.25) is 0 Å². The van der Waals surface area contributed by atoms with Gasteiger partial charge in [-0.2, -0.15) is 0 Å². The fraction of sp³-hybridized carbons (Fsp3) is 0.160. The highest BCUT2D eigenvalue weighted by Gasteiger charge is 2.45. The summed E-state index contributed by atoms with van der Waals surface area (Å²) in [7, 11) is 0. The van der Waals surface area contributed by atoms with Crippen molar-refractivity contribution >= 4 is 35.4 Å². The number of carboxylic acids is 2. The third-order valence-electron chi connectivity index (χ3n) is 10.4. The van der Waals surface area contributed by atoms with E-state index in [1.807, 2.05) is 127 Å². The zero-order valence-electron chi connectivity index (χ0n) is 34.7. The smallest absolute Gasteiger partial charge is 0.331 e. The molecule has 2 amide bonds. The number of carbonyl (C=O) groups is 5. The van der Waals surface area contributed by atoms with Crippen LogP contribution in [0.3, 0.4) is 0 Å². The summed E-state index contributed by atoms with van der Waals surface area (Å²) in [5.74, 6) is -3.87. The van der Waals surface area contributed by atoms with Gasteiger partial charge in [0.2, 0.25) is 5.91 Å². The highest BCUT2D eigenvalue weighted by Crippen LogP contribution is 2.37. The van der Waals surface area contributed by atoms with Gasteiger partial charge in [-0.25, -0.2) is 4.79 Å². The molecule has 1 fully saturated rings. The lowest BCUT2D eigenvalue weighted by Crippen LogP contribution is -2.66. The van der Waals surface area contributed by atoms with Gasteiger partial charge >= 0.3 is 17.9 Å². The Morgan fingerprint density at radius 3 is 1.58 bits per heavy atom. The van der Waals surface area contributed by atoms with Crippen LogP contribution in [0, 0.1) is 0 Å². The molecule has 7 rings (SSSR count). The summed E-state index contributed by atoms with van der Waals surface area (Å²) in [6, 6.07) is 49.1. The molecule has 0 aromatic heterocycles. The van der Waals surface area contributed by atoms with E-state index in [2.05, 4.69) is 15.8 Å². The Bertz CT molecular complexity index is 2400. The molecule has 0 spiro atoms. The highest BCUT2D eigenvalue weighted by molar-refractivity contribution is 6.45. The number of aliphatic carboxylic acids is 2. The number of rotatable bonds is 17. The van der Waals surface area contributed by atoms with Gasteiger partial charge in [0.1, 0.15) is 23.6 Å². The molecule has 1 aliphatic rings. The summed E-state index contributed by atoms with van der Waals surface area (Å²) < 4.78 is 10.9. The van der Waals surface area contributed by atoms with E-state index in [0.717, 1.165) is 21.6 Å². The molecule has 1 aliphatic heterocycles. The van der Waals surface area contributed by atoms with Crippen LogP contribution in [0.5, 0.6) is 11.5 Å². The Kier molecular flexibility index (Phi) is 15.3. The number of likely N-dealkylation sites (tertiary alicyclic amines) is 1. The SMILES string of the molecule is CC(=O)Oc1ccc(C(C(=O)O)N2CC(NC(=O)C(=NO)c3ccc(OCCC(NC(c4ccccc4)(c4ccccc4)c4ccccc4)C(=O)O)cc3)C2=O)cc1.c1ccccc1. The lowest BCUT2D eigenvalue weighted by Gasteiger charge is -2.42. The van der Waals surface area contributed by atoms with Crippen molar-refractivity contribution in [2.24, 2.45) is 5.16 Å². The van der Waals surface area contributed by atoms with E-state index >= 15 is 0 Å². The predicted octanol–water partition coefficient (Wildman–Crippen LogP) is 6.43. The molecule has 14 nitrogen and oxygen atoms in total. The summed E-state index contributed by atoms with van der Waals surface area (Å²) in [6.45, 7) is 1.11. The van der Waals surface area contributed by atoms with Gasteiger partial charge < -0.3 is 35.1 Å². The van der Waals surface area contributed by atoms with Gasteiger partial charge in [0, 0.05) is 18.9 Å². The summed E-state index contributed by atoms with van der Waals surface area (Å²) >= 11 is 0. The van der Waals surface area contributed by atoms with Crippen LogP contribution in [-0.2, 0) is 29.5 Å². The number of hydrogen-bond donors (Lipinski definition) is 5. The minimum absolute atomic E-state index is 0.00710. The van der Waals surface area contributed by atoms with E-state index in [4.69, 9.17) is 9.47 Å². The van der Waals surface area contributed by atoms with Crippen LogP contribution >= 0.6 is 0 Å². The number of amides is 2. The van der Waals surface area contributed by atoms with Gasteiger partial charge in [-0.05, 0) is 58.7 Å². The summed E-state index contributed by atoms with van der Waals surface area (Å²) in [5, 5.41) is 39.2. The first-order chi connectivity index (χ1) is 31.0. The van der Waals surface area contributed by atoms with Crippen LogP contribution in [0.15, 0.2) is 181 Å². The van der Waals surface area contributed by atoms with Crippen LogP contribution in [0.4, 0.5) is 0 Å². The van der Waals surface area contributed by atoms with Crippen LogP contribution in [0.1, 0.15) is 47.2 Å². The average Bonchev–Trinajstić information content (AvgIpc) is 3.32. The lowest BCUT2D eigenvalue weighted by atomic mass is 9.76. The zero-order valence-corrected chi connectivity index (χ0v) is 34.7. The number of carboxylic acid groups (broad SMARTS) is 2. The average molecular weight is 863 g/mol. The van der Waals surface area contributed by atoms with Gasteiger partial charge in [-0.3, -0.25) is 24.5 Å². The van der Waals surface area contributed by atoms with Crippen LogP contribution < -0.4 is 20.1 Å². The Labute approximate surface area is 369 Å². The molecule has 3 atom stereocenters. The van der Waals surface area contributed by atoms with Crippen molar-refractivity contribution in [2.45, 2.75) is 37.0 Å². The minimum Gasteiger partial charge on any atom is -0.494 e. The molecule has 0 bridgehead atoms. The third kappa shape index (κ3) is 11.0. The molecule has 5 N–H and O–H groups in total. The largest absolute Gasteiger partial charge is 0.494 e. The zero-order chi connectivity index (χ0) is 45.5. The van der Waals surface area contributed by atoms with E-state index in [1.54, 1.807) is 0 Å². The van der Waals surface area contributed by atoms with Crippen LogP contribution in [-0.4, -0.2) is 81.0 Å². The number of nitrogens with one attached hydrogen (secondary N) is 2. The minimum atomic E-state index is -1.36. The number of esters is 1. The van der Waals surface area contributed by atoms with Crippen molar-refractivity contribution in [3.63, 3.8) is 0 Å². The van der Waals surface area contributed by atoms with Crippen LogP contribution in [0.25, 0.3) is 0 Å². The number of carbonyl (C=O) groups excluding carboxylic acids is 3. The van der Waals surface area contributed by atoms with E-state index < -0.39 is 59.1 Å². The molecule has 14 heteroatoms. The quantitative estimate of drug-likeness (QED) is 0.0129. The second-order valence-electron chi connectivity index (χ2n) is 14.6. The first-order valence-corrected chi connectivity index (χ1v) is 20.3. The molecule has 6 aromatic rings. The van der Waals surface area contributed by atoms with Gasteiger partial charge in [0.25, 0.3) is 5.91 Å². The Hall–Kier alpha value is -8.10. The van der Waals surface area contributed by atoms with Gasteiger partial charge in [-0.1, -0.05) is 145 Å². The molecule has 1 saturated heterocycles. The van der Waals surface area contributed by atoms with Crippen molar-refractivity contribution in [2.75, 3.05) is 13.2 Å². The number of nitrogens with zero attached hydrogens (tertiary/aromatic N) is 2. The highest BCUT2D eigenvalue weighted by atomic mass is 16.5. The lowest BCUT2D eigenvalue weighted by molar-refractivity contribution is -0.160. The van der Waals surface area contributed by atoms with E-state index in [1.165, 1.54) is 55.5 Å². The topological polar surface area (TPSA) is 204 Å². The number of β-lactam (4-membered cyclic amide) rings is 1. The summed E-state index contributed by atoms with van der Waals surface area (Å²) in [6.07, 6.45) is 0.0752. The molecule has 6 aromatic carbocycles. The fourth-order valence-electron chi connectivity index (χ4n) is 7.32. The molecule has 0 saturated carbocycles. The van der Waals surface area contributed by atoms with E-state index in [9.17, 15) is 39.4 Å². The maximum atomic E-state index is 13.1. The Balaban J connectivity index is 0.00000105. The predicted molar refractivity (Wildman–Crippen MR) is 237 cm³/mol. The fourth-order valence-corrected chi connectivity index (χ4v) is 7.32. The molecule has 1 heterocycles. The van der Waals surface area contributed by atoms with Gasteiger partial charge in [-0.15, -0.1) is 0 Å². The number of oxime groups is 1. The number of benzene rings is 6. The first kappa shape index (κ1) is 45.4. The number of hydrogen-bond acceptors (Lipinski definition) is 10. The maximum absolute atomic E-state index is 13.1. The molecule has 3 unspecified atom stereocenters. The first-order valence-electron chi connectivity index (χ1n) is 20.3. The molecular weight excluding hydrogens is 817 g/mol. The second-order valence-corrected chi connectivity index (χ2v) is 14.6. The third-order valence-corrected chi connectivity index (χ3v) is 10.4. The van der Waals surface area contributed by atoms with E-state index in [-0.39, 0.29) is 36.4 Å². The van der Waals surface area contributed by atoms with E-state index in [0.29, 0.717) is 5.75 Å². The number of ether oxygens (including phenoxy) is 2. The normalized spacial score (nSPS) is 14.4. The monoisotopic (exact) mass is 862 g/mol. The molecule has 326 valence electrons.